The lowest BCUT2D eigenvalue weighted by atomic mass is 9.92. The second-order valence-electron chi connectivity index (χ2n) is 6.50. The first kappa shape index (κ1) is 16.0. The highest BCUT2D eigenvalue weighted by Gasteiger charge is 2.19. The van der Waals surface area contributed by atoms with E-state index in [9.17, 15) is 4.79 Å². The smallest absolute Gasteiger partial charge is 0.224 e. The summed E-state index contributed by atoms with van der Waals surface area (Å²) in [6.45, 7) is 2.19. The van der Waals surface area contributed by atoms with Gasteiger partial charge >= 0.3 is 0 Å². The van der Waals surface area contributed by atoms with Gasteiger partial charge in [-0.1, -0.05) is 44.4 Å². The van der Waals surface area contributed by atoms with Gasteiger partial charge in [-0.25, -0.2) is 0 Å². The quantitative estimate of drug-likeness (QED) is 0.761. The molecule has 0 aliphatic heterocycles. The first-order chi connectivity index (χ1) is 11.3. The van der Waals surface area contributed by atoms with Gasteiger partial charge < -0.3 is 5.32 Å². The van der Waals surface area contributed by atoms with Crippen LogP contribution >= 0.6 is 0 Å². The summed E-state index contributed by atoms with van der Waals surface area (Å²) in [7, 11) is 0. The van der Waals surface area contributed by atoms with Crippen molar-refractivity contribution >= 4 is 22.5 Å². The van der Waals surface area contributed by atoms with Crippen molar-refractivity contribution in [3.63, 3.8) is 0 Å². The number of hydrogen-bond donors (Lipinski definition) is 1. The minimum absolute atomic E-state index is 0.144. The molecule has 0 atom stereocenters. The van der Waals surface area contributed by atoms with Gasteiger partial charge in [0.05, 0.1) is 11.2 Å². The second kappa shape index (κ2) is 7.58. The van der Waals surface area contributed by atoms with E-state index in [0.717, 1.165) is 42.3 Å². The maximum Gasteiger partial charge on any atom is 0.224 e. The van der Waals surface area contributed by atoms with Crippen molar-refractivity contribution < 1.29 is 4.79 Å². The molecule has 1 aromatic heterocycles. The molecule has 0 spiro atoms. The number of para-hydroxylation sites is 1. The number of nitrogens with one attached hydrogen (secondary N) is 1. The molecule has 0 bridgehead atoms. The third kappa shape index (κ3) is 3.72. The van der Waals surface area contributed by atoms with Gasteiger partial charge in [-0.05, 0) is 43.7 Å². The highest BCUT2D eigenvalue weighted by atomic mass is 16.1. The Hall–Kier alpha value is -1.90. The Morgan fingerprint density at radius 3 is 2.83 bits per heavy atom. The van der Waals surface area contributed by atoms with Crippen LogP contribution in [0.25, 0.3) is 10.9 Å². The SMILES string of the molecule is CCCCCCC(=O)Nc1c2c(nc3ccccc13)CCCC2. The maximum atomic E-state index is 12.4. The van der Waals surface area contributed by atoms with Crippen molar-refractivity contribution in [3.8, 4) is 0 Å². The van der Waals surface area contributed by atoms with Crippen LogP contribution in [0.1, 0.15) is 63.1 Å². The van der Waals surface area contributed by atoms with E-state index in [-0.39, 0.29) is 5.91 Å². The summed E-state index contributed by atoms with van der Waals surface area (Å²) in [6.07, 6.45) is 9.58. The molecule has 2 aromatic rings. The van der Waals surface area contributed by atoms with E-state index in [4.69, 9.17) is 4.98 Å². The lowest BCUT2D eigenvalue weighted by molar-refractivity contribution is -0.116. The summed E-state index contributed by atoms with van der Waals surface area (Å²) >= 11 is 0. The Labute approximate surface area is 138 Å². The molecule has 1 aromatic carbocycles. The minimum Gasteiger partial charge on any atom is -0.325 e. The standard InChI is InChI=1S/C20H26N2O/c1-2-3-4-5-14-19(23)22-20-15-10-6-8-12-17(15)21-18-13-9-7-11-16(18)20/h6,8,10,12H,2-5,7,9,11,13-14H2,1H3,(H,21,22,23). The van der Waals surface area contributed by atoms with Crippen molar-refractivity contribution in [2.45, 2.75) is 64.7 Å². The zero-order valence-electron chi connectivity index (χ0n) is 14.0. The number of nitrogens with zero attached hydrogens (tertiary/aromatic N) is 1. The van der Waals surface area contributed by atoms with E-state index in [1.54, 1.807) is 0 Å². The molecule has 3 heteroatoms. The van der Waals surface area contributed by atoms with Crippen molar-refractivity contribution in [2.24, 2.45) is 0 Å². The number of unbranched alkanes of at least 4 members (excludes halogenated alkanes) is 3. The van der Waals surface area contributed by atoms with E-state index in [1.807, 2.05) is 18.2 Å². The molecule has 1 aliphatic rings. The zero-order chi connectivity index (χ0) is 16.1. The molecule has 1 heterocycles. The molecule has 0 unspecified atom stereocenters. The number of anilines is 1. The van der Waals surface area contributed by atoms with Crippen LogP contribution in [0.3, 0.4) is 0 Å². The number of hydrogen-bond acceptors (Lipinski definition) is 2. The molecule has 1 amide bonds. The monoisotopic (exact) mass is 310 g/mol. The predicted octanol–water partition coefficient (Wildman–Crippen LogP) is 5.02. The van der Waals surface area contributed by atoms with Crippen LogP contribution in [-0.2, 0) is 17.6 Å². The Morgan fingerprint density at radius 2 is 1.96 bits per heavy atom. The zero-order valence-corrected chi connectivity index (χ0v) is 14.0. The second-order valence-corrected chi connectivity index (χ2v) is 6.50. The maximum absolute atomic E-state index is 12.4. The third-order valence-corrected chi connectivity index (χ3v) is 4.69. The molecule has 0 saturated carbocycles. The van der Waals surface area contributed by atoms with Gasteiger partial charge in [0.2, 0.25) is 5.91 Å². The molecule has 0 saturated heterocycles. The summed E-state index contributed by atoms with van der Waals surface area (Å²) in [5.41, 5.74) is 4.45. The summed E-state index contributed by atoms with van der Waals surface area (Å²) in [5, 5.41) is 4.29. The summed E-state index contributed by atoms with van der Waals surface area (Å²) in [5.74, 6) is 0.144. The van der Waals surface area contributed by atoms with Crippen LogP contribution in [0, 0.1) is 0 Å². The molecular formula is C20H26N2O. The number of pyridine rings is 1. The molecule has 3 rings (SSSR count). The summed E-state index contributed by atoms with van der Waals surface area (Å²) < 4.78 is 0. The summed E-state index contributed by atoms with van der Waals surface area (Å²) in [4.78, 5) is 17.2. The molecule has 0 fully saturated rings. The van der Waals surface area contributed by atoms with E-state index < -0.39 is 0 Å². The lowest BCUT2D eigenvalue weighted by Crippen LogP contribution is -2.16. The fraction of sp³-hybridized carbons (Fsp3) is 0.500. The Morgan fingerprint density at radius 1 is 1.13 bits per heavy atom. The van der Waals surface area contributed by atoms with Crippen molar-refractivity contribution in [1.82, 2.24) is 4.98 Å². The predicted molar refractivity (Wildman–Crippen MR) is 95.8 cm³/mol. The van der Waals surface area contributed by atoms with Crippen molar-refractivity contribution in [3.05, 3.63) is 35.5 Å². The Bertz CT molecular complexity index is 693. The van der Waals surface area contributed by atoms with Gasteiger partial charge in [0.1, 0.15) is 0 Å². The first-order valence-electron chi connectivity index (χ1n) is 9.00. The number of amides is 1. The highest BCUT2D eigenvalue weighted by molar-refractivity contribution is 6.02. The minimum atomic E-state index is 0.144. The normalized spacial score (nSPS) is 13.8. The Kier molecular flexibility index (Phi) is 5.27. The number of carbonyl (C=O) groups is 1. The molecule has 0 radical (unpaired) electrons. The number of aryl methyl sites for hydroxylation is 1. The van der Waals surface area contributed by atoms with Gasteiger partial charge in [0.25, 0.3) is 0 Å². The number of fused-ring (bicyclic) bond motifs is 2. The number of rotatable bonds is 6. The average molecular weight is 310 g/mol. The van der Waals surface area contributed by atoms with Gasteiger partial charge in [-0.3, -0.25) is 9.78 Å². The van der Waals surface area contributed by atoms with Crippen LogP contribution in [0.15, 0.2) is 24.3 Å². The van der Waals surface area contributed by atoms with Gasteiger partial charge in [-0.15, -0.1) is 0 Å². The van der Waals surface area contributed by atoms with E-state index in [1.165, 1.54) is 36.9 Å². The van der Waals surface area contributed by atoms with Gasteiger partial charge in [0.15, 0.2) is 0 Å². The molecule has 1 N–H and O–H groups in total. The third-order valence-electron chi connectivity index (χ3n) is 4.69. The largest absolute Gasteiger partial charge is 0.325 e. The fourth-order valence-electron chi connectivity index (χ4n) is 3.43. The average Bonchev–Trinajstić information content (AvgIpc) is 2.58. The fourth-order valence-corrected chi connectivity index (χ4v) is 3.43. The van der Waals surface area contributed by atoms with Crippen LogP contribution < -0.4 is 5.32 Å². The molecule has 23 heavy (non-hydrogen) atoms. The molecule has 122 valence electrons. The molecular weight excluding hydrogens is 284 g/mol. The van der Waals surface area contributed by atoms with E-state index in [2.05, 4.69) is 18.3 Å². The van der Waals surface area contributed by atoms with Crippen LogP contribution in [0.2, 0.25) is 0 Å². The number of benzene rings is 1. The number of carbonyl (C=O) groups excluding carboxylic acids is 1. The topological polar surface area (TPSA) is 42.0 Å². The van der Waals surface area contributed by atoms with E-state index >= 15 is 0 Å². The van der Waals surface area contributed by atoms with Crippen molar-refractivity contribution in [1.29, 1.82) is 0 Å². The van der Waals surface area contributed by atoms with E-state index in [0.29, 0.717) is 6.42 Å². The van der Waals surface area contributed by atoms with Gasteiger partial charge in [-0.2, -0.15) is 0 Å². The Balaban J connectivity index is 1.85. The molecule has 3 nitrogen and oxygen atoms in total. The van der Waals surface area contributed by atoms with Crippen LogP contribution in [0.4, 0.5) is 5.69 Å². The van der Waals surface area contributed by atoms with Crippen LogP contribution in [0.5, 0.6) is 0 Å². The summed E-state index contributed by atoms with van der Waals surface area (Å²) in [6, 6.07) is 8.15. The molecule has 1 aliphatic carbocycles. The highest BCUT2D eigenvalue weighted by Crippen LogP contribution is 2.33. The van der Waals surface area contributed by atoms with Gasteiger partial charge in [0, 0.05) is 17.5 Å². The van der Waals surface area contributed by atoms with Crippen LogP contribution in [-0.4, -0.2) is 10.9 Å². The first-order valence-corrected chi connectivity index (χ1v) is 9.00. The van der Waals surface area contributed by atoms with Crippen molar-refractivity contribution in [2.75, 3.05) is 5.32 Å². The number of aromatic nitrogens is 1. The lowest BCUT2D eigenvalue weighted by Gasteiger charge is -2.21.